The summed E-state index contributed by atoms with van der Waals surface area (Å²) < 4.78 is 0. The Morgan fingerprint density at radius 2 is 1.80 bits per heavy atom. The molecule has 2 atom stereocenters. The zero-order chi connectivity index (χ0) is 18.0. The van der Waals surface area contributed by atoms with E-state index in [1.165, 1.54) is 11.1 Å². The van der Waals surface area contributed by atoms with Gasteiger partial charge in [-0.15, -0.1) is 0 Å². The number of benzene rings is 2. The van der Waals surface area contributed by atoms with Crippen molar-refractivity contribution < 1.29 is 0 Å². The van der Waals surface area contributed by atoms with E-state index >= 15 is 0 Å². The molecule has 1 fully saturated rings. The maximum atomic E-state index is 6.58. The molecule has 2 nitrogen and oxygen atoms in total. The lowest BCUT2D eigenvalue weighted by molar-refractivity contribution is 0.341. The number of piperidine rings is 1. The molecule has 0 aliphatic carbocycles. The van der Waals surface area contributed by atoms with Crippen molar-refractivity contribution in [2.75, 3.05) is 11.4 Å². The van der Waals surface area contributed by atoms with Gasteiger partial charge in [-0.05, 0) is 55.2 Å². The number of nitrogens with one attached hydrogen (secondary N) is 1. The molecule has 3 rings (SSSR count). The smallest absolute Gasteiger partial charge is 0.0642 e. The monoisotopic (exact) mass is 376 g/mol. The Bertz CT molecular complexity index is 712. The molecule has 0 radical (unpaired) electrons. The summed E-state index contributed by atoms with van der Waals surface area (Å²) >= 11 is 12.7. The molecule has 1 N–H and O–H groups in total. The molecule has 1 heterocycles. The standard InChI is InChI=1S/C21H26Cl2N2/c1-14(2)24-18-10-11-25(20-9-4-15(3)12-19(20)23)21(13-18)16-5-7-17(22)8-6-16/h4-9,12,14,18,21,24H,10-11,13H2,1-3H3/t18-,21-/m1/s1. The van der Waals surface area contributed by atoms with Crippen LogP contribution in [0.2, 0.25) is 10.0 Å². The molecular formula is C21H26Cl2N2. The third kappa shape index (κ3) is 4.49. The van der Waals surface area contributed by atoms with Crippen molar-refractivity contribution in [1.82, 2.24) is 5.32 Å². The molecule has 1 saturated heterocycles. The van der Waals surface area contributed by atoms with Crippen molar-refractivity contribution in [2.24, 2.45) is 0 Å². The highest BCUT2D eigenvalue weighted by molar-refractivity contribution is 6.33. The molecule has 4 heteroatoms. The van der Waals surface area contributed by atoms with Gasteiger partial charge in [0.05, 0.1) is 16.8 Å². The second kappa shape index (κ2) is 7.99. The van der Waals surface area contributed by atoms with Crippen molar-refractivity contribution in [3.63, 3.8) is 0 Å². The van der Waals surface area contributed by atoms with Crippen LogP contribution >= 0.6 is 23.2 Å². The second-order valence-electron chi connectivity index (χ2n) is 7.26. The van der Waals surface area contributed by atoms with Crippen LogP contribution in [0, 0.1) is 6.92 Å². The molecule has 0 saturated carbocycles. The number of anilines is 1. The molecule has 1 aliphatic heterocycles. The second-order valence-corrected chi connectivity index (χ2v) is 8.10. The quantitative estimate of drug-likeness (QED) is 0.702. The lowest BCUT2D eigenvalue weighted by Gasteiger charge is -2.42. The Morgan fingerprint density at radius 1 is 1.08 bits per heavy atom. The van der Waals surface area contributed by atoms with Crippen molar-refractivity contribution >= 4 is 28.9 Å². The Kier molecular flexibility index (Phi) is 5.93. The molecule has 0 spiro atoms. The first kappa shape index (κ1) is 18.6. The number of halogens is 2. The molecule has 1 aliphatic rings. The Morgan fingerprint density at radius 3 is 2.44 bits per heavy atom. The molecule has 2 aromatic carbocycles. The number of aryl methyl sites for hydroxylation is 1. The third-order valence-electron chi connectivity index (χ3n) is 4.84. The van der Waals surface area contributed by atoms with Crippen LogP contribution < -0.4 is 10.2 Å². The minimum atomic E-state index is 0.294. The van der Waals surface area contributed by atoms with Gasteiger partial charge in [-0.2, -0.15) is 0 Å². The van der Waals surface area contributed by atoms with Gasteiger partial charge in [0.1, 0.15) is 0 Å². The molecule has 134 valence electrons. The highest BCUT2D eigenvalue weighted by Crippen LogP contribution is 2.39. The van der Waals surface area contributed by atoms with Crippen LogP contribution in [0.1, 0.15) is 43.9 Å². The van der Waals surface area contributed by atoms with Crippen molar-refractivity contribution in [2.45, 2.75) is 51.7 Å². The minimum Gasteiger partial charge on any atom is -0.363 e. The first-order valence-electron chi connectivity index (χ1n) is 8.98. The number of hydrogen-bond donors (Lipinski definition) is 1. The van der Waals surface area contributed by atoms with Crippen LogP contribution in [0.4, 0.5) is 5.69 Å². The van der Waals surface area contributed by atoms with Gasteiger partial charge in [0.2, 0.25) is 0 Å². The Hall–Kier alpha value is -1.22. The van der Waals surface area contributed by atoms with Gasteiger partial charge in [-0.25, -0.2) is 0 Å². The summed E-state index contributed by atoms with van der Waals surface area (Å²) in [4.78, 5) is 2.45. The minimum absolute atomic E-state index is 0.294. The first-order chi connectivity index (χ1) is 11.9. The summed E-state index contributed by atoms with van der Waals surface area (Å²) in [6.07, 6.45) is 2.18. The summed E-state index contributed by atoms with van der Waals surface area (Å²) in [5.41, 5.74) is 3.60. The molecule has 0 unspecified atom stereocenters. The van der Waals surface area contributed by atoms with E-state index in [9.17, 15) is 0 Å². The summed E-state index contributed by atoms with van der Waals surface area (Å²) in [6.45, 7) is 7.48. The normalized spacial score (nSPS) is 21.0. The maximum absolute atomic E-state index is 6.58. The van der Waals surface area contributed by atoms with Crippen molar-refractivity contribution in [1.29, 1.82) is 0 Å². The third-order valence-corrected chi connectivity index (χ3v) is 5.39. The summed E-state index contributed by atoms with van der Waals surface area (Å²) in [5.74, 6) is 0. The Balaban J connectivity index is 1.93. The SMILES string of the molecule is Cc1ccc(N2CC[C@@H](NC(C)C)C[C@@H]2c2ccc(Cl)cc2)c(Cl)c1. The van der Waals surface area contributed by atoms with E-state index in [-0.39, 0.29) is 0 Å². The maximum Gasteiger partial charge on any atom is 0.0642 e. The van der Waals surface area contributed by atoms with Crippen LogP contribution in [0.5, 0.6) is 0 Å². The van der Waals surface area contributed by atoms with Crippen LogP contribution in [-0.4, -0.2) is 18.6 Å². The fraction of sp³-hybridized carbons (Fsp3) is 0.429. The van der Waals surface area contributed by atoms with Gasteiger partial charge >= 0.3 is 0 Å². The molecule has 0 aromatic heterocycles. The van der Waals surface area contributed by atoms with Gasteiger partial charge in [-0.3, -0.25) is 0 Å². The first-order valence-corrected chi connectivity index (χ1v) is 9.74. The highest BCUT2D eigenvalue weighted by atomic mass is 35.5. The Labute approximate surface area is 161 Å². The van der Waals surface area contributed by atoms with Crippen LogP contribution in [0.3, 0.4) is 0 Å². The fourth-order valence-corrected chi connectivity index (χ4v) is 4.19. The molecule has 2 aromatic rings. The number of hydrogen-bond acceptors (Lipinski definition) is 2. The van der Waals surface area contributed by atoms with E-state index in [1.54, 1.807) is 0 Å². The predicted octanol–water partition coefficient (Wildman–Crippen LogP) is 6.01. The van der Waals surface area contributed by atoms with Crippen LogP contribution in [0.25, 0.3) is 0 Å². The molecule has 25 heavy (non-hydrogen) atoms. The number of nitrogens with zero attached hydrogens (tertiary/aromatic N) is 1. The molecular weight excluding hydrogens is 351 g/mol. The number of rotatable bonds is 4. The average molecular weight is 377 g/mol. The van der Waals surface area contributed by atoms with Gasteiger partial charge in [0, 0.05) is 23.7 Å². The van der Waals surface area contributed by atoms with E-state index in [2.05, 4.69) is 55.3 Å². The molecule has 0 bridgehead atoms. The van der Waals surface area contributed by atoms with Gasteiger partial charge in [0.15, 0.2) is 0 Å². The van der Waals surface area contributed by atoms with E-state index in [1.807, 2.05) is 18.2 Å². The van der Waals surface area contributed by atoms with Crippen LogP contribution in [-0.2, 0) is 0 Å². The van der Waals surface area contributed by atoms with Gasteiger partial charge < -0.3 is 10.2 Å². The predicted molar refractivity (Wildman–Crippen MR) is 109 cm³/mol. The van der Waals surface area contributed by atoms with E-state index in [0.29, 0.717) is 18.1 Å². The fourth-order valence-electron chi connectivity index (χ4n) is 3.72. The molecule has 0 amide bonds. The zero-order valence-corrected chi connectivity index (χ0v) is 16.6. The van der Waals surface area contributed by atoms with E-state index in [0.717, 1.165) is 35.1 Å². The lowest BCUT2D eigenvalue weighted by atomic mass is 9.90. The summed E-state index contributed by atoms with van der Waals surface area (Å²) in [7, 11) is 0. The summed E-state index contributed by atoms with van der Waals surface area (Å²) in [5, 5.41) is 5.31. The zero-order valence-electron chi connectivity index (χ0n) is 15.1. The van der Waals surface area contributed by atoms with Crippen LogP contribution in [0.15, 0.2) is 42.5 Å². The van der Waals surface area contributed by atoms with Crippen molar-refractivity contribution in [3.05, 3.63) is 63.6 Å². The highest BCUT2D eigenvalue weighted by Gasteiger charge is 2.31. The largest absolute Gasteiger partial charge is 0.363 e. The van der Waals surface area contributed by atoms with Gasteiger partial charge in [0.25, 0.3) is 0 Å². The lowest BCUT2D eigenvalue weighted by Crippen LogP contribution is -2.46. The topological polar surface area (TPSA) is 15.3 Å². The average Bonchev–Trinajstić information content (AvgIpc) is 2.55. The summed E-state index contributed by atoms with van der Waals surface area (Å²) in [6, 6.07) is 15.9. The van der Waals surface area contributed by atoms with Crippen molar-refractivity contribution in [3.8, 4) is 0 Å². The van der Waals surface area contributed by atoms with E-state index in [4.69, 9.17) is 23.2 Å². The van der Waals surface area contributed by atoms with Gasteiger partial charge in [-0.1, -0.05) is 55.2 Å². The van der Waals surface area contributed by atoms with E-state index < -0.39 is 0 Å².